The Balaban J connectivity index is 1.69. The Labute approximate surface area is 142 Å². The molecule has 0 radical (unpaired) electrons. The Morgan fingerprint density at radius 1 is 1.42 bits per heavy atom. The first-order valence-corrected chi connectivity index (χ1v) is 8.68. The molecule has 3 aliphatic heterocycles. The smallest absolute Gasteiger partial charge is 0.119 e. The van der Waals surface area contributed by atoms with Crippen LogP contribution < -0.4 is 4.74 Å². The van der Waals surface area contributed by atoms with Crippen LogP contribution in [0.15, 0.2) is 43.1 Å². The molecule has 4 heteroatoms. The van der Waals surface area contributed by atoms with Gasteiger partial charge < -0.3 is 9.84 Å². The molecular formula is C20H24N2O2. The van der Waals surface area contributed by atoms with Crippen molar-refractivity contribution >= 4 is 10.9 Å². The number of aliphatic hydroxyl groups excluding tert-OH is 1. The Bertz CT molecular complexity index is 760. The van der Waals surface area contributed by atoms with Gasteiger partial charge in [0.15, 0.2) is 0 Å². The van der Waals surface area contributed by atoms with Crippen LogP contribution in [0.25, 0.3) is 10.9 Å². The number of fused-ring (bicyclic) bond motifs is 4. The molecule has 5 atom stereocenters. The van der Waals surface area contributed by atoms with E-state index >= 15 is 0 Å². The van der Waals surface area contributed by atoms with Crippen LogP contribution >= 0.6 is 0 Å². The monoisotopic (exact) mass is 324 g/mol. The summed E-state index contributed by atoms with van der Waals surface area (Å²) in [6, 6.07) is 7.96. The van der Waals surface area contributed by atoms with Gasteiger partial charge in [-0.1, -0.05) is 6.08 Å². The summed E-state index contributed by atoms with van der Waals surface area (Å²) in [5.41, 5.74) is 1.85. The van der Waals surface area contributed by atoms with Crippen molar-refractivity contribution in [2.24, 2.45) is 11.8 Å². The van der Waals surface area contributed by atoms with E-state index in [2.05, 4.69) is 22.5 Å². The largest absolute Gasteiger partial charge is 0.497 e. The summed E-state index contributed by atoms with van der Waals surface area (Å²) in [4.78, 5) is 6.86. The highest BCUT2D eigenvalue weighted by Crippen LogP contribution is 2.42. The Morgan fingerprint density at radius 3 is 3.00 bits per heavy atom. The van der Waals surface area contributed by atoms with Crippen LogP contribution in [0.3, 0.4) is 0 Å². The summed E-state index contributed by atoms with van der Waals surface area (Å²) in [6.07, 6.45) is 5.62. The van der Waals surface area contributed by atoms with Gasteiger partial charge in [-0.15, -0.1) is 6.58 Å². The fourth-order valence-electron chi connectivity index (χ4n) is 4.44. The van der Waals surface area contributed by atoms with E-state index < -0.39 is 6.10 Å². The highest BCUT2D eigenvalue weighted by Gasteiger charge is 2.42. The first-order valence-electron chi connectivity index (χ1n) is 8.68. The highest BCUT2D eigenvalue weighted by molar-refractivity contribution is 5.83. The van der Waals surface area contributed by atoms with E-state index in [0.717, 1.165) is 41.7 Å². The van der Waals surface area contributed by atoms with Crippen molar-refractivity contribution in [2.75, 3.05) is 20.2 Å². The zero-order chi connectivity index (χ0) is 16.7. The minimum atomic E-state index is -0.504. The molecule has 24 heavy (non-hydrogen) atoms. The first kappa shape index (κ1) is 15.6. The average Bonchev–Trinajstić information content (AvgIpc) is 2.66. The molecule has 1 aromatic carbocycles. The summed E-state index contributed by atoms with van der Waals surface area (Å²) in [7, 11) is 1.66. The van der Waals surface area contributed by atoms with Gasteiger partial charge >= 0.3 is 0 Å². The second kappa shape index (κ2) is 6.19. The molecule has 1 aromatic heterocycles. The number of hydrogen-bond acceptors (Lipinski definition) is 4. The lowest BCUT2D eigenvalue weighted by atomic mass is 9.73. The molecule has 4 heterocycles. The van der Waals surface area contributed by atoms with E-state index in [1.54, 1.807) is 13.3 Å². The third kappa shape index (κ3) is 2.50. The quantitative estimate of drug-likeness (QED) is 0.878. The second-order valence-electron chi connectivity index (χ2n) is 6.97. The third-order valence-corrected chi connectivity index (χ3v) is 5.82. The first-order chi connectivity index (χ1) is 11.7. The van der Waals surface area contributed by atoms with Crippen LogP contribution in [-0.2, 0) is 0 Å². The SMILES string of the molecule is C=CC1CN2CCC1C[C@@H]2[C@H](O)c1ccnc2ccc(OC)cc12. The number of aliphatic hydroxyl groups is 1. The molecule has 1 N–H and O–H groups in total. The topological polar surface area (TPSA) is 45.6 Å². The number of hydrogen-bond donors (Lipinski definition) is 1. The van der Waals surface area contributed by atoms with Gasteiger partial charge in [0.05, 0.1) is 18.7 Å². The molecule has 3 fully saturated rings. The standard InChI is InChI=1S/C20H24N2O2/c1-3-13-12-22-9-7-14(13)10-19(22)20(23)16-6-8-21-18-5-4-15(24-2)11-17(16)18/h3-6,8,11,13-14,19-20,23H,1,7,9-10,12H2,2H3/t13?,14?,19-,20-/m1/s1. The van der Waals surface area contributed by atoms with Gasteiger partial charge in [0.25, 0.3) is 0 Å². The van der Waals surface area contributed by atoms with Crippen molar-refractivity contribution in [3.63, 3.8) is 0 Å². The molecule has 126 valence electrons. The molecule has 0 amide bonds. The Morgan fingerprint density at radius 2 is 2.29 bits per heavy atom. The van der Waals surface area contributed by atoms with Gasteiger partial charge in [-0.25, -0.2) is 0 Å². The summed E-state index contributed by atoms with van der Waals surface area (Å²) < 4.78 is 5.35. The van der Waals surface area contributed by atoms with E-state index in [4.69, 9.17) is 4.74 Å². The maximum atomic E-state index is 11.2. The molecule has 4 nitrogen and oxygen atoms in total. The van der Waals surface area contributed by atoms with Crippen LogP contribution in [0.5, 0.6) is 5.75 Å². The maximum absolute atomic E-state index is 11.2. The maximum Gasteiger partial charge on any atom is 0.119 e. The zero-order valence-electron chi connectivity index (χ0n) is 14.1. The van der Waals surface area contributed by atoms with Gasteiger partial charge in [0.2, 0.25) is 0 Å². The second-order valence-corrected chi connectivity index (χ2v) is 6.97. The summed E-state index contributed by atoms with van der Waals surface area (Å²) in [5, 5.41) is 12.1. The van der Waals surface area contributed by atoms with Crippen molar-refractivity contribution in [3.8, 4) is 5.75 Å². The summed E-state index contributed by atoms with van der Waals surface area (Å²) >= 11 is 0. The number of pyridine rings is 1. The number of methoxy groups -OCH3 is 1. The number of nitrogens with zero attached hydrogens (tertiary/aromatic N) is 2. The molecule has 3 unspecified atom stereocenters. The molecular weight excluding hydrogens is 300 g/mol. The molecule has 3 saturated heterocycles. The van der Waals surface area contributed by atoms with Crippen LogP contribution in [0.1, 0.15) is 24.5 Å². The fraction of sp³-hybridized carbons (Fsp3) is 0.450. The van der Waals surface area contributed by atoms with E-state index in [0.29, 0.717) is 11.8 Å². The normalized spacial score (nSPS) is 30.2. The number of ether oxygens (including phenoxy) is 1. The lowest BCUT2D eigenvalue weighted by Crippen LogP contribution is -2.54. The predicted octanol–water partition coefficient (Wildman–Crippen LogP) is 3.17. The average molecular weight is 324 g/mol. The van der Waals surface area contributed by atoms with Crippen LogP contribution in [0, 0.1) is 11.8 Å². The molecule has 2 bridgehead atoms. The summed E-state index contributed by atoms with van der Waals surface area (Å²) in [6.45, 7) is 6.07. The van der Waals surface area contributed by atoms with Crippen molar-refractivity contribution in [1.29, 1.82) is 0 Å². The van der Waals surface area contributed by atoms with Crippen molar-refractivity contribution < 1.29 is 9.84 Å². The number of aromatic nitrogens is 1. The number of piperidine rings is 3. The lowest BCUT2D eigenvalue weighted by molar-refractivity contribution is -0.0444. The minimum absolute atomic E-state index is 0.178. The molecule has 0 spiro atoms. The molecule has 0 aliphatic carbocycles. The number of rotatable bonds is 4. The Kier molecular flexibility index (Phi) is 4.02. The Hall–Kier alpha value is -1.91. The van der Waals surface area contributed by atoms with Gasteiger partial charge in [0, 0.05) is 24.2 Å². The van der Waals surface area contributed by atoms with Crippen LogP contribution in [0.4, 0.5) is 0 Å². The van der Waals surface area contributed by atoms with E-state index in [1.165, 1.54) is 6.42 Å². The molecule has 0 saturated carbocycles. The van der Waals surface area contributed by atoms with Crippen LogP contribution in [0.2, 0.25) is 0 Å². The zero-order valence-corrected chi connectivity index (χ0v) is 14.1. The van der Waals surface area contributed by atoms with Gasteiger partial charge in [0.1, 0.15) is 5.75 Å². The van der Waals surface area contributed by atoms with Crippen molar-refractivity contribution in [1.82, 2.24) is 9.88 Å². The third-order valence-electron chi connectivity index (χ3n) is 5.82. The van der Waals surface area contributed by atoms with E-state index in [1.807, 2.05) is 24.3 Å². The predicted molar refractivity (Wildman–Crippen MR) is 95.0 cm³/mol. The van der Waals surface area contributed by atoms with Gasteiger partial charge in [-0.3, -0.25) is 9.88 Å². The number of benzene rings is 1. The lowest BCUT2D eigenvalue weighted by Gasteiger charge is -2.50. The van der Waals surface area contributed by atoms with Crippen LogP contribution in [-0.4, -0.2) is 41.2 Å². The van der Waals surface area contributed by atoms with E-state index in [-0.39, 0.29) is 6.04 Å². The van der Waals surface area contributed by atoms with Gasteiger partial charge in [-0.2, -0.15) is 0 Å². The highest BCUT2D eigenvalue weighted by atomic mass is 16.5. The fourth-order valence-corrected chi connectivity index (χ4v) is 4.44. The molecule has 5 rings (SSSR count). The molecule has 3 aliphatic rings. The summed E-state index contributed by atoms with van der Waals surface area (Å²) in [5.74, 6) is 2.01. The van der Waals surface area contributed by atoms with Crippen molar-refractivity contribution in [2.45, 2.75) is 25.0 Å². The van der Waals surface area contributed by atoms with Gasteiger partial charge in [-0.05, 0) is 61.1 Å². The van der Waals surface area contributed by atoms with Crippen molar-refractivity contribution in [3.05, 3.63) is 48.7 Å². The minimum Gasteiger partial charge on any atom is -0.497 e. The molecule has 2 aromatic rings. The van der Waals surface area contributed by atoms with E-state index in [9.17, 15) is 5.11 Å².